The maximum absolute atomic E-state index is 13.2. The fraction of sp³-hybridized carbons (Fsp3) is 0.259. The summed E-state index contributed by atoms with van der Waals surface area (Å²) in [5.41, 5.74) is 1.01. The predicted octanol–water partition coefficient (Wildman–Crippen LogP) is 5.42. The van der Waals surface area contributed by atoms with Crippen LogP contribution in [0.2, 0.25) is 5.02 Å². The molecule has 3 aromatic carbocycles. The van der Waals surface area contributed by atoms with Gasteiger partial charge in [-0.15, -0.1) is 0 Å². The monoisotopic (exact) mass is 492 g/mol. The number of methoxy groups -OCH3 is 1. The highest BCUT2D eigenvalue weighted by molar-refractivity contribution is 6.34. The summed E-state index contributed by atoms with van der Waals surface area (Å²) in [6.07, 6.45) is 2.46. The molecule has 0 radical (unpaired) electrons. The number of fused-ring (bicyclic) bond motifs is 1. The fourth-order valence-electron chi connectivity index (χ4n) is 4.39. The number of hydrogen-bond donors (Lipinski definition) is 0. The predicted molar refractivity (Wildman–Crippen MR) is 133 cm³/mol. The van der Waals surface area contributed by atoms with Crippen molar-refractivity contribution in [1.29, 1.82) is 0 Å². The molecule has 0 N–H and O–H groups in total. The molecule has 8 heteroatoms. The molecule has 2 amide bonds. The number of benzene rings is 3. The molecule has 0 aromatic heterocycles. The summed E-state index contributed by atoms with van der Waals surface area (Å²) in [7, 11) is 1.54. The molecule has 2 aliphatic heterocycles. The molecule has 2 heterocycles. The van der Waals surface area contributed by atoms with Crippen LogP contribution in [0, 0.1) is 0 Å². The molecule has 1 fully saturated rings. The zero-order chi connectivity index (χ0) is 24.4. The van der Waals surface area contributed by atoms with Crippen molar-refractivity contribution >= 4 is 29.1 Å². The van der Waals surface area contributed by atoms with E-state index in [1.54, 1.807) is 60.7 Å². The van der Waals surface area contributed by atoms with Crippen LogP contribution in [0.4, 0.5) is 5.69 Å². The molecule has 0 spiro atoms. The molecule has 0 atom stereocenters. The highest BCUT2D eigenvalue weighted by Gasteiger charge is 2.37. The van der Waals surface area contributed by atoms with Crippen LogP contribution >= 0.6 is 11.6 Å². The Morgan fingerprint density at radius 3 is 2.40 bits per heavy atom. The van der Waals surface area contributed by atoms with Gasteiger partial charge in [-0.05, 0) is 74.5 Å². The van der Waals surface area contributed by atoms with E-state index < -0.39 is 11.8 Å². The molecule has 35 heavy (non-hydrogen) atoms. The standard InChI is InChI=1S/C27H25ClN2O5/c1-33-25-16-19(7-10-24(25)34-14-13-29-11-2-3-12-29)30-26(31)22-9-8-21(17-23(22)27(30)32)35-20-6-4-5-18(28)15-20/h4-10,15-17H,2-3,11-14H2,1H3. The minimum atomic E-state index is -0.425. The van der Waals surface area contributed by atoms with Crippen molar-refractivity contribution in [2.45, 2.75) is 12.8 Å². The van der Waals surface area contributed by atoms with Gasteiger partial charge in [0.05, 0.1) is 23.9 Å². The summed E-state index contributed by atoms with van der Waals surface area (Å²) in [6.45, 7) is 3.59. The van der Waals surface area contributed by atoms with Crippen molar-refractivity contribution in [3.05, 3.63) is 76.8 Å². The Bertz CT molecular complexity index is 1270. The van der Waals surface area contributed by atoms with Crippen LogP contribution in [-0.4, -0.2) is 50.1 Å². The van der Waals surface area contributed by atoms with Gasteiger partial charge >= 0.3 is 0 Å². The normalized spacial score (nSPS) is 15.4. The quantitative estimate of drug-likeness (QED) is 0.391. The van der Waals surface area contributed by atoms with Gasteiger partial charge in [0, 0.05) is 17.6 Å². The van der Waals surface area contributed by atoms with Crippen LogP contribution in [0.25, 0.3) is 0 Å². The number of anilines is 1. The number of nitrogens with zero attached hydrogens (tertiary/aromatic N) is 2. The molecule has 0 aliphatic carbocycles. The van der Waals surface area contributed by atoms with Gasteiger partial charge < -0.3 is 14.2 Å². The van der Waals surface area contributed by atoms with E-state index in [4.69, 9.17) is 25.8 Å². The van der Waals surface area contributed by atoms with Crippen LogP contribution in [0.1, 0.15) is 33.6 Å². The van der Waals surface area contributed by atoms with Crippen LogP contribution in [0.5, 0.6) is 23.0 Å². The van der Waals surface area contributed by atoms with Gasteiger partial charge in [-0.2, -0.15) is 0 Å². The Morgan fingerprint density at radius 2 is 1.63 bits per heavy atom. The van der Waals surface area contributed by atoms with E-state index >= 15 is 0 Å². The second-order valence-corrected chi connectivity index (χ2v) is 8.88. The van der Waals surface area contributed by atoms with E-state index in [-0.39, 0.29) is 5.56 Å². The Kier molecular flexibility index (Phi) is 6.61. The first-order chi connectivity index (χ1) is 17.0. The largest absolute Gasteiger partial charge is 0.493 e. The third-order valence-corrected chi connectivity index (χ3v) is 6.39. The molecule has 3 aromatic rings. The number of rotatable bonds is 8. The number of carbonyl (C=O) groups is 2. The van der Waals surface area contributed by atoms with E-state index in [2.05, 4.69) is 4.90 Å². The minimum absolute atomic E-state index is 0.277. The van der Waals surface area contributed by atoms with E-state index in [0.717, 1.165) is 24.5 Å². The van der Waals surface area contributed by atoms with Gasteiger partial charge in [0.1, 0.15) is 18.1 Å². The SMILES string of the molecule is COc1cc(N2C(=O)c3ccc(Oc4cccc(Cl)c4)cc3C2=O)ccc1OCCN1CCCC1. The van der Waals surface area contributed by atoms with Gasteiger partial charge in [0.2, 0.25) is 0 Å². The lowest BCUT2D eigenvalue weighted by Gasteiger charge is -2.18. The summed E-state index contributed by atoms with van der Waals surface area (Å²) in [5.74, 6) is 1.19. The second kappa shape index (κ2) is 9.98. The summed E-state index contributed by atoms with van der Waals surface area (Å²) in [6, 6.07) is 16.9. The lowest BCUT2D eigenvalue weighted by Crippen LogP contribution is -2.29. The van der Waals surface area contributed by atoms with Crippen LogP contribution in [0.15, 0.2) is 60.7 Å². The maximum Gasteiger partial charge on any atom is 0.266 e. The number of likely N-dealkylation sites (tertiary alicyclic amines) is 1. The smallest absolute Gasteiger partial charge is 0.266 e. The number of amides is 2. The topological polar surface area (TPSA) is 68.3 Å². The first-order valence-corrected chi connectivity index (χ1v) is 11.9. The Morgan fingerprint density at radius 1 is 0.857 bits per heavy atom. The van der Waals surface area contributed by atoms with E-state index in [1.807, 2.05) is 0 Å². The van der Waals surface area contributed by atoms with Crippen molar-refractivity contribution in [3.8, 4) is 23.0 Å². The third-order valence-electron chi connectivity index (χ3n) is 6.16. The number of hydrogen-bond acceptors (Lipinski definition) is 6. The second-order valence-electron chi connectivity index (χ2n) is 8.44. The van der Waals surface area contributed by atoms with E-state index in [1.165, 1.54) is 20.0 Å². The van der Waals surface area contributed by atoms with E-state index in [0.29, 0.717) is 45.9 Å². The van der Waals surface area contributed by atoms with Gasteiger partial charge in [-0.25, -0.2) is 4.90 Å². The lowest BCUT2D eigenvalue weighted by atomic mass is 10.1. The molecule has 7 nitrogen and oxygen atoms in total. The zero-order valence-corrected chi connectivity index (χ0v) is 20.1. The average Bonchev–Trinajstić information content (AvgIpc) is 3.46. The molecule has 0 bridgehead atoms. The van der Waals surface area contributed by atoms with Crippen molar-refractivity contribution in [2.75, 3.05) is 38.3 Å². The number of carbonyl (C=O) groups excluding carboxylic acids is 2. The van der Waals surface area contributed by atoms with Gasteiger partial charge in [0.25, 0.3) is 11.8 Å². The van der Waals surface area contributed by atoms with Crippen molar-refractivity contribution in [2.24, 2.45) is 0 Å². The maximum atomic E-state index is 13.2. The van der Waals surface area contributed by atoms with Crippen molar-refractivity contribution in [1.82, 2.24) is 4.90 Å². The third kappa shape index (κ3) is 4.83. The first kappa shape index (κ1) is 23.2. The molecular weight excluding hydrogens is 468 g/mol. The van der Waals surface area contributed by atoms with Gasteiger partial charge in [-0.1, -0.05) is 17.7 Å². The van der Waals surface area contributed by atoms with E-state index in [9.17, 15) is 9.59 Å². The fourth-order valence-corrected chi connectivity index (χ4v) is 4.57. The number of ether oxygens (including phenoxy) is 3. The summed E-state index contributed by atoms with van der Waals surface area (Å²) < 4.78 is 17.2. The summed E-state index contributed by atoms with van der Waals surface area (Å²) in [5, 5.41) is 0.540. The minimum Gasteiger partial charge on any atom is -0.493 e. The molecule has 0 unspecified atom stereocenters. The average molecular weight is 493 g/mol. The lowest BCUT2D eigenvalue weighted by molar-refractivity contribution is 0.0926. The highest BCUT2D eigenvalue weighted by Crippen LogP contribution is 2.37. The number of halogens is 1. The summed E-state index contributed by atoms with van der Waals surface area (Å²) in [4.78, 5) is 29.8. The molecular formula is C27H25ClN2O5. The molecule has 1 saturated heterocycles. The van der Waals surface area contributed by atoms with Crippen molar-refractivity contribution in [3.63, 3.8) is 0 Å². The Hall–Kier alpha value is -3.55. The molecule has 5 rings (SSSR count). The first-order valence-electron chi connectivity index (χ1n) is 11.5. The van der Waals surface area contributed by atoms with Gasteiger partial charge in [-0.3, -0.25) is 14.5 Å². The molecule has 180 valence electrons. The van der Waals surface area contributed by atoms with Crippen LogP contribution in [0.3, 0.4) is 0 Å². The Balaban J connectivity index is 1.33. The van der Waals surface area contributed by atoms with Crippen LogP contribution in [-0.2, 0) is 0 Å². The van der Waals surface area contributed by atoms with Crippen LogP contribution < -0.4 is 19.1 Å². The summed E-state index contributed by atoms with van der Waals surface area (Å²) >= 11 is 6.02. The highest BCUT2D eigenvalue weighted by atomic mass is 35.5. The Labute approximate surface area is 208 Å². The molecule has 0 saturated carbocycles. The number of imide groups is 1. The molecule has 2 aliphatic rings. The zero-order valence-electron chi connectivity index (χ0n) is 19.3. The van der Waals surface area contributed by atoms with Crippen molar-refractivity contribution < 1.29 is 23.8 Å². The van der Waals surface area contributed by atoms with Gasteiger partial charge in [0.15, 0.2) is 11.5 Å².